The van der Waals surface area contributed by atoms with Gasteiger partial charge in [-0.05, 0) is 25.5 Å². The van der Waals surface area contributed by atoms with Crippen LogP contribution in [-0.2, 0) is 9.47 Å². The Kier molecular flexibility index (Phi) is 4.40. The van der Waals surface area contributed by atoms with Gasteiger partial charge in [0.05, 0.1) is 19.8 Å². The first-order valence-corrected chi connectivity index (χ1v) is 5.22. The number of rotatable bonds is 7. The van der Waals surface area contributed by atoms with Crippen molar-refractivity contribution >= 4 is 12.6 Å². The van der Waals surface area contributed by atoms with Crippen LogP contribution in [0.5, 0.6) is 0 Å². The van der Waals surface area contributed by atoms with Crippen molar-refractivity contribution in [3.05, 3.63) is 0 Å². The lowest BCUT2D eigenvalue weighted by Crippen LogP contribution is -2.14. The molecule has 1 rings (SSSR count). The molecule has 0 saturated heterocycles. The van der Waals surface area contributed by atoms with Crippen molar-refractivity contribution < 1.29 is 9.47 Å². The Hall–Kier alpha value is 0.270. The van der Waals surface area contributed by atoms with Gasteiger partial charge in [0.25, 0.3) is 0 Å². The summed E-state index contributed by atoms with van der Waals surface area (Å²) in [5, 5.41) is 0. The molecule has 1 saturated carbocycles. The third-order valence-electron chi connectivity index (χ3n) is 2.28. The first-order chi connectivity index (χ1) is 5.83. The molecular formula is C9H18O2S. The van der Waals surface area contributed by atoms with Gasteiger partial charge in [0, 0.05) is 12.0 Å². The van der Waals surface area contributed by atoms with Crippen LogP contribution in [0.3, 0.4) is 0 Å². The fraction of sp³-hybridized carbons (Fsp3) is 1.00. The second-order valence-electron chi connectivity index (χ2n) is 3.41. The Labute approximate surface area is 80.0 Å². The maximum atomic E-state index is 5.48. The molecule has 0 aliphatic heterocycles. The van der Waals surface area contributed by atoms with Crippen LogP contribution < -0.4 is 0 Å². The number of thiol groups is 1. The van der Waals surface area contributed by atoms with Crippen molar-refractivity contribution in [2.24, 2.45) is 5.41 Å². The van der Waals surface area contributed by atoms with E-state index in [9.17, 15) is 0 Å². The summed E-state index contributed by atoms with van der Waals surface area (Å²) >= 11 is 4.30. The van der Waals surface area contributed by atoms with Crippen molar-refractivity contribution in [3.63, 3.8) is 0 Å². The largest absolute Gasteiger partial charge is 0.379 e. The Morgan fingerprint density at radius 3 is 2.42 bits per heavy atom. The summed E-state index contributed by atoms with van der Waals surface area (Å²) in [6.07, 6.45) is 2.57. The monoisotopic (exact) mass is 190 g/mol. The molecule has 3 heteroatoms. The minimum atomic E-state index is 0.426. The van der Waals surface area contributed by atoms with Crippen LogP contribution in [-0.4, -0.2) is 32.2 Å². The minimum Gasteiger partial charge on any atom is -0.379 e. The summed E-state index contributed by atoms with van der Waals surface area (Å²) in [6.45, 7) is 5.09. The van der Waals surface area contributed by atoms with Crippen LogP contribution >= 0.6 is 12.6 Å². The lowest BCUT2D eigenvalue weighted by atomic mass is 10.2. The molecule has 0 aromatic heterocycles. The average Bonchev–Trinajstić information content (AvgIpc) is 2.85. The van der Waals surface area contributed by atoms with Crippen molar-refractivity contribution in [2.75, 3.05) is 32.2 Å². The molecular weight excluding hydrogens is 172 g/mol. The highest BCUT2D eigenvalue weighted by molar-refractivity contribution is 7.80. The van der Waals surface area contributed by atoms with Crippen LogP contribution in [0.1, 0.15) is 19.8 Å². The van der Waals surface area contributed by atoms with E-state index in [1.807, 2.05) is 6.92 Å². The maximum Gasteiger partial charge on any atom is 0.0700 e. The van der Waals surface area contributed by atoms with Gasteiger partial charge < -0.3 is 9.47 Å². The van der Waals surface area contributed by atoms with Gasteiger partial charge in [0.1, 0.15) is 0 Å². The summed E-state index contributed by atoms with van der Waals surface area (Å²) in [7, 11) is 0. The van der Waals surface area contributed by atoms with E-state index < -0.39 is 0 Å². The van der Waals surface area contributed by atoms with Gasteiger partial charge in [-0.1, -0.05) is 0 Å². The molecule has 0 spiro atoms. The Morgan fingerprint density at radius 2 is 1.92 bits per heavy atom. The molecule has 1 aliphatic rings. The lowest BCUT2D eigenvalue weighted by Gasteiger charge is -2.11. The molecule has 0 amide bonds. The van der Waals surface area contributed by atoms with Gasteiger partial charge in [0.15, 0.2) is 0 Å². The second-order valence-corrected chi connectivity index (χ2v) is 3.72. The summed E-state index contributed by atoms with van der Waals surface area (Å²) in [6, 6.07) is 0. The molecule has 0 aromatic carbocycles. The molecule has 0 aromatic rings. The fourth-order valence-electron chi connectivity index (χ4n) is 1.08. The van der Waals surface area contributed by atoms with Crippen molar-refractivity contribution in [2.45, 2.75) is 19.8 Å². The minimum absolute atomic E-state index is 0.426. The molecule has 1 aliphatic carbocycles. The van der Waals surface area contributed by atoms with Gasteiger partial charge in [-0.2, -0.15) is 12.6 Å². The molecule has 2 nitrogen and oxygen atoms in total. The molecule has 72 valence electrons. The summed E-state index contributed by atoms with van der Waals surface area (Å²) in [4.78, 5) is 0. The highest BCUT2D eigenvalue weighted by Gasteiger charge is 2.41. The van der Waals surface area contributed by atoms with E-state index >= 15 is 0 Å². The number of hydrogen-bond acceptors (Lipinski definition) is 3. The normalized spacial score (nSPS) is 19.5. The van der Waals surface area contributed by atoms with E-state index in [1.165, 1.54) is 12.8 Å². The molecule has 0 atom stereocenters. The van der Waals surface area contributed by atoms with Gasteiger partial charge in [-0.25, -0.2) is 0 Å². The predicted octanol–water partition coefficient (Wildman–Crippen LogP) is 1.75. The van der Waals surface area contributed by atoms with E-state index in [4.69, 9.17) is 9.47 Å². The lowest BCUT2D eigenvalue weighted by molar-refractivity contribution is 0.0365. The van der Waals surface area contributed by atoms with Crippen LogP contribution in [0.2, 0.25) is 0 Å². The molecule has 12 heavy (non-hydrogen) atoms. The first-order valence-electron chi connectivity index (χ1n) is 4.59. The van der Waals surface area contributed by atoms with E-state index in [2.05, 4.69) is 12.6 Å². The smallest absolute Gasteiger partial charge is 0.0700 e. The fourth-order valence-corrected chi connectivity index (χ4v) is 1.48. The zero-order valence-corrected chi connectivity index (χ0v) is 8.61. The van der Waals surface area contributed by atoms with E-state index in [0.29, 0.717) is 5.41 Å². The zero-order chi connectivity index (χ0) is 8.86. The van der Waals surface area contributed by atoms with Crippen LogP contribution in [0.15, 0.2) is 0 Å². The topological polar surface area (TPSA) is 18.5 Å². The molecule has 0 unspecified atom stereocenters. The van der Waals surface area contributed by atoms with Crippen molar-refractivity contribution in [1.29, 1.82) is 0 Å². The summed E-state index contributed by atoms with van der Waals surface area (Å²) in [5.41, 5.74) is 0.426. The van der Waals surface area contributed by atoms with Gasteiger partial charge >= 0.3 is 0 Å². The molecule has 0 bridgehead atoms. The van der Waals surface area contributed by atoms with E-state index in [1.54, 1.807) is 0 Å². The van der Waals surface area contributed by atoms with E-state index in [0.717, 1.165) is 32.2 Å². The van der Waals surface area contributed by atoms with Gasteiger partial charge in [-0.3, -0.25) is 0 Å². The highest BCUT2D eigenvalue weighted by atomic mass is 32.1. The maximum absolute atomic E-state index is 5.48. The van der Waals surface area contributed by atoms with Crippen molar-refractivity contribution in [3.8, 4) is 0 Å². The summed E-state index contributed by atoms with van der Waals surface area (Å²) in [5.74, 6) is 0.960. The zero-order valence-electron chi connectivity index (χ0n) is 7.71. The molecule has 0 N–H and O–H groups in total. The van der Waals surface area contributed by atoms with Gasteiger partial charge in [0.2, 0.25) is 0 Å². The predicted molar refractivity (Wildman–Crippen MR) is 52.8 cm³/mol. The third kappa shape index (κ3) is 3.33. The SMILES string of the molecule is CCOCCOCC1(CS)CC1. The number of ether oxygens (including phenoxy) is 2. The second kappa shape index (κ2) is 5.10. The summed E-state index contributed by atoms with van der Waals surface area (Å²) < 4.78 is 10.6. The number of hydrogen-bond donors (Lipinski definition) is 1. The first kappa shape index (κ1) is 10.4. The Morgan fingerprint density at radius 1 is 1.25 bits per heavy atom. The van der Waals surface area contributed by atoms with Crippen molar-refractivity contribution in [1.82, 2.24) is 0 Å². The molecule has 0 radical (unpaired) electrons. The Bertz CT molecular complexity index is 124. The van der Waals surface area contributed by atoms with E-state index in [-0.39, 0.29) is 0 Å². The average molecular weight is 190 g/mol. The van der Waals surface area contributed by atoms with Gasteiger partial charge in [-0.15, -0.1) is 0 Å². The third-order valence-corrected chi connectivity index (χ3v) is 2.95. The van der Waals surface area contributed by atoms with Crippen LogP contribution in [0, 0.1) is 5.41 Å². The van der Waals surface area contributed by atoms with Crippen LogP contribution in [0.4, 0.5) is 0 Å². The molecule has 1 fully saturated rings. The quantitative estimate of drug-likeness (QED) is 0.487. The Balaban J connectivity index is 1.89. The highest BCUT2D eigenvalue weighted by Crippen LogP contribution is 2.46. The standard InChI is InChI=1S/C9H18O2S/c1-2-10-5-6-11-7-9(8-12)3-4-9/h12H,2-8H2,1H3. The van der Waals surface area contributed by atoms with Crippen LogP contribution in [0.25, 0.3) is 0 Å². The molecule has 0 heterocycles.